The second-order valence-corrected chi connectivity index (χ2v) is 17.1. The molecule has 1 amide bonds. The first-order chi connectivity index (χ1) is 20.7. The molecule has 0 saturated heterocycles. The number of allylic oxidation sites excluding steroid dienone is 1. The maximum Gasteiger partial charge on any atom is 0.302 e. The lowest BCUT2D eigenvalue weighted by molar-refractivity contribution is -0.248. The molecule has 10 atom stereocenters. The second-order valence-electron chi connectivity index (χ2n) is 17.1. The molecule has 0 aliphatic heterocycles. The summed E-state index contributed by atoms with van der Waals surface area (Å²) in [7, 11) is 0. The standard InChI is InChI=1S/C39H58N2O3/c1-25(2)28-14-20-39(34(43)41-24-17-27-11-9-10-23-40-27)22-21-37(7)29(33(28)39)12-13-31-36(6)18-16-32(44-26(3)42)35(4,5)30(36)15-19-38(31,37)8/h9-11,23,28-33H,1,12-22,24H2,2-8H3,(H,41,43)/t28-,29+,30-,31+,32-,33+,36-,37+,38+,39-/m0/s1. The van der Waals surface area contributed by atoms with Crippen molar-refractivity contribution in [1.82, 2.24) is 10.3 Å². The van der Waals surface area contributed by atoms with Crippen molar-refractivity contribution in [3.63, 3.8) is 0 Å². The zero-order valence-corrected chi connectivity index (χ0v) is 28.6. The number of hydrogen-bond acceptors (Lipinski definition) is 4. The largest absolute Gasteiger partial charge is 0.462 e. The van der Waals surface area contributed by atoms with E-state index in [9.17, 15) is 9.59 Å². The number of amides is 1. The highest BCUT2D eigenvalue weighted by Gasteiger charge is 2.72. The summed E-state index contributed by atoms with van der Waals surface area (Å²) in [6, 6.07) is 6.01. The number of pyridine rings is 1. The summed E-state index contributed by atoms with van der Waals surface area (Å²) in [5.41, 5.74) is 2.66. The molecule has 1 aromatic heterocycles. The van der Waals surface area contributed by atoms with Crippen LogP contribution in [0, 0.1) is 56.7 Å². The van der Waals surface area contributed by atoms with Crippen LogP contribution in [0.15, 0.2) is 36.5 Å². The fraction of sp³-hybridized carbons (Fsp3) is 0.769. The van der Waals surface area contributed by atoms with Gasteiger partial charge in [0.05, 0.1) is 5.41 Å². The second kappa shape index (κ2) is 11.0. The average Bonchev–Trinajstić information content (AvgIpc) is 3.37. The first-order valence-corrected chi connectivity index (χ1v) is 17.7. The lowest BCUT2D eigenvalue weighted by atomic mass is 9.32. The number of carbonyl (C=O) groups excluding carboxylic acids is 2. The SMILES string of the molecule is C=C(C)[C@@H]1CC[C@]2(C(=O)NCCc3ccccn3)CC[C@]3(C)[C@H](CC[C@@H]4[C@@]5(C)CC[C@H](OC(C)=O)C(C)(C)[C@@H]5CC[C@]43C)[C@@H]12. The molecule has 242 valence electrons. The molecule has 0 bridgehead atoms. The first-order valence-electron chi connectivity index (χ1n) is 17.7. The predicted molar refractivity (Wildman–Crippen MR) is 175 cm³/mol. The minimum atomic E-state index is -0.285. The Morgan fingerprint density at radius 1 is 0.909 bits per heavy atom. The molecule has 5 saturated carbocycles. The van der Waals surface area contributed by atoms with Crippen molar-refractivity contribution in [1.29, 1.82) is 0 Å². The van der Waals surface area contributed by atoms with Crippen molar-refractivity contribution in [2.24, 2.45) is 56.7 Å². The molecule has 0 aromatic carbocycles. The van der Waals surface area contributed by atoms with E-state index in [1.165, 1.54) is 31.3 Å². The van der Waals surface area contributed by atoms with E-state index in [0.29, 0.717) is 36.1 Å². The molecule has 0 spiro atoms. The predicted octanol–water partition coefficient (Wildman–Crippen LogP) is 8.33. The molecule has 5 nitrogen and oxygen atoms in total. The third kappa shape index (κ3) is 4.55. The topological polar surface area (TPSA) is 68.3 Å². The van der Waals surface area contributed by atoms with Crippen molar-refractivity contribution < 1.29 is 14.3 Å². The third-order valence-electron chi connectivity index (χ3n) is 15.2. The average molecular weight is 603 g/mol. The molecule has 0 unspecified atom stereocenters. The van der Waals surface area contributed by atoms with Gasteiger partial charge in [-0.25, -0.2) is 0 Å². The molecule has 6 rings (SSSR count). The highest BCUT2D eigenvalue weighted by molar-refractivity contribution is 5.84. The minimum absolute atomic E-state index is 0.00986. The summed E-state index contributed by atoms with van der Waals surface area (Å²) in [4.78, 5) is 30.8. The molecular weight excluding hydrogens is 544 g/mol. The number of rotatable bonds is 6. The molecule has 5 aliphatic carbocycles. The molecule has 5 heteroatoms. The Morgan fingerprint density at radius 2 is 1.68 bits per heavy atom. The Labute approximate surface area is 266 Å². The molecule has 5 fully saturated rings. The number of hydrogen-bond donors (Lipinski definition) is 1. The first kappa shape index (κ1) is 31.8. The van der Waals surface area contributed by atoms with Gasteiger partial charge in [-0.2, -0.15) is 0 Å². The zero-order chi connectivity index (χ0) is 31.7. The van der Waals surface area contributed by atoms with Crippen LogP contribution in [0.4, 0.5) is 0 Å². The fourth-order valence-corrected chi connectivity index (χ4v) is 12.9. The van der Waals surface area contributed by atoms with Crippen molar-refractivity contribution in [3.05, 3.63) is 42.2 Å². The van der Waals surface area contributed by atoms with Gasteiger partial charge in [-0.1, -0.05) is 52.8 Å². The van der Waals surface area contributed by atoms with Crippen molar-refractivity contribution in [2.75, 3.05) is 6.54 Å². The molecule has 1 heterocycles. The number of ether oxygens (including phenoxy) is 1. The maximum atomic E-state index is 14.3. The van der Waals surface area contributed by atoms with Crippen LogP contribution in [-0.2, 0) is 20.7 Å². The van der Waals surface area contributed by atoms with E-state index < -0.39 is 0 Å². The van der Waals surface area contributed by atoms with Crippen LogP contribution in [0.2, 0.25) is 0 Å². The summed E-state index contributed by atoms with van der Waals surface area (Å²) >= 11 is 0. The minimum Gasteiger partial charge on any atom is -0.462 e. The van der Waals surface area contributed by atoms with Crippen LogP contribution >= 0.6 is 0 Å². The van der Waals surface area contributed by atoms with E-state index >= 15 is 0 Å². The van der Waals surface area contributed by atoms with Crippen molar-refractivity contribution >= 4 is 11.9 Å². The van der Waals surface area contributed by atoms with Gasteiger partial charge in [0.1, 0.15) is 6.10 Å². The normalized spacial score (nSPS) is 43.9. The quantitative estimate of drug-likeness (QED) is 0.263. The number of nitrogens with zero attached hydrogens (tertiary/aromatic N) is 1. The summed E-state index contributed by atoms with van der Waals surface area (Å²) < 4.78 is 5.95. The number of carbonyl (C=O) groups is 2. The number of fused-ring (bicyclic) bond motifs is 7. The summed E-state index contributed by atoms with van der Waals surface area (Å²) in [5, 5.41) is 3.42. The zero-order valence-electron chi connectivity index (χ0n) is 28.6. The van der Waals surface area contributed by atoms with E-state index in [1.807, 2.05) is 24.4 Å². The van der Waals surface area contributed by atoms with Crippen molar-refractivity contribution in [2.45, 2.75) is 125 Å². The summed E-state index contributed by atoms with van der Waals surface area (Å²) in [5.74, 6) is 2.67. The van der Waals surface area contributed by atoms with E-state index in [2.05, 4.69) is 58.4 Å². The van der Waals surface area contributed by atoms with Gasteiger partial charge >= 0.3 is 5.97 Å². The Hall–Kier alpha value is -2.17. The van der Waals surface area contributed by atoms with Crippen LogP contribution in [0.3, 0.4) is 0 Å². The van der Waals surface area contributed by atoms with Crippen LogP contribution in [0.1, 0.15) is 118 Å². The fourth-order valence-electron chi connectivity index (χ4n) is 12.9. The lowest BCUT2D eigenvalue weighted by Crippen LogP contribution is -2.67. The smallest absolute Gasteiger partial charge is 0.302 e. The Bertz CT molecular complexity index is 1290. The molecule has 0 radical (unpaired) electrons. The highest BCUT2D eigenvalue weighted by Crippen LogP contribution is 2.77. The van der Waals surface area contributed by atoms with Crippen LogP contribution < -0.4 is 5.32 Å². The van der Waals surface area contributed by atoms with Gasteiger partial charge in [0.2, 0.25) is 5.91 Å². The van der Waals surface area contributed by atoms with Gasteiger partial charge in [-0.3, -0.25) is 14.6 Å². The number of aromatic nitrogens is 1. The Balaban J connectivity index is 1.28. The van der Waals surface area contributed by atoms with Crippen molar-refractivity contribution in [3.8, 4) is 0 Å². The van der Waals surface area contributed by atoms with E-state index in [-0.39, 0.29) is 45.1 Å². The van der Waals surface area contributed by atoms with E-state index in [4.69, 9.17) is 4.74 Å². The van der Waals surface area contributed by atoms with E-state index in [0.717, 1.165) is 50.6 Å². The monoisotopic (exact) mass is 602 g/mol. The Kier molecular flexibility index (Phi) is 7.93. The molecular formula is C39H58N2O3. The van der Waals surface area contributed by atoms with Crippen LogP contribution in [0.25, 0.3) is 0 Å². The third-order valence-corrected chi connectivity index (χ3v) is 15.2. The lowest BCUT2D eigenvalue weighted by Gasteiger charge is -2.72. The molecule has 44 heavy (non-hydrogen) atoms. The molecule has 1 N–H and O–H groups in total. The van der Waals surface area contributed by atoms with Crippen LogP contribution in [-0.4, -0.2) is 29.5 Å². The van der Waals surface area contributed by atoms with Gasteiger partial charge in [0.15, 0.2) is 0 Å². The number of nitrogens with one attached hydrogen (secondary N) is 1. The van der Waals surface area contributed by atoms with Gasteiger partial charge in [0, 0.05) is 37.2 Å². The molecule has 1 aromatic rings. The summed E-state index contributed by atoms with van der Waals surface area (Å²) in [6.07, 6.45) is 13.8. The highest BCUT2D eigenvalue weighted by atomic mass is 16.5. The van der Waals surface area contributed by atoms with E-state index in [1.54, 1.807) is 6.92 Å². The van der Waals surface area contributed by atoms with Crippen LogP contribution in [0.5, 0.6) is 0 Å². The van der Waals surface area contributed by atoms with Gasteiger partial charge in [0.25, 0.3) is 0 Å². The van der Waals surface area contributed by atoms with Gasteiger partial charge in [-0.15, -0.1) is 0 Å². The number of esters is 1. The van der Waals surface area contributed by atoms with Gasteiger partial charge in [-0.05, 0) is 129 Å². The Morgan fingerprint density at radius 3 is 2.36 bits per heavy atom. The maximum absolute atomic E-state index is 14.3. The summed E-state index contributed by atoms with van der Waals surface area (Å²) in [6.45, 7) is 21.6. The van der Waals surface area contributed by atoms with Gasteiger partial charge < -0.3 is 10.1 Å². The molecule has 5 aliphatic rings.